The predicted molar refractivity (Wildman–Crippen MR) is 121 cm³/mol. The number of methoxy groups -OCH3 is 1. The van der Waals surface area contributed by atoms with E-state index in [1.807, 2.05) is 31.5 Å². The topological polar surface area (TPSA) is 85.6 Å². The number of halogens is 1. The van der Waals surface area contributed by atoms with Gasteiger partial charge in [0.25, 0.3) is 0 Å². The first kappa shape index (κ1) is 24.2. The van der Waals surface area contributed by atoms with Gasteiger partial charge >= 0.3 is 0 Å². The molecule has 0 aliphatic heterocycles. The normalized spacial score (nSPS) is 11.1. The molecule has 0 unspecified atom stereocenters. The van der Waals surface area contributed by atoms with E-state index in [2.05, 4.69) is 39.9 Å². The molecule has 1 aromatic heterocycles. The van der Waals surface area contributed by atoms with Gasteiger partial charge in [0.05, 0.1) is 26.3 Å². The van der Waals surface area contributed by atoms with E-state index in [4.69, 9.17) is 14.5 Å². The molecule has 28 heavy (non-hydrogen) atoms. The number of aromatic nitrogens is 3. The molecule has 2 N–H and O–H groups in total. The average Bonchev–Trinajstić information content (AvgIpc) is 2.97. The maximum absolute atomic E-state index is 5.74. The molecule has 0 atom stereocenters. The highest BCUT2D eigenvalue weighted by molar-refractivity contribution is 14.0. The smallest absolute Gasteiger partial charge is 0.192 e. The van der Waals surface area contributed by atoms with Crippen molar-refractivity contribution in [2.75, 3.05) is 26.9 Å². The number of aryl methyl sites for hydroxylation is 2. The fourth-order valence-electron chi connectivity index (χ4n) is 2.46. The molecule has 0 bridgehead atoms. The van der Waals surface area contributed by atoms with Crippen LogP contribution in [-0.4, -0.2) is 47.6 Å². The molecule has 8 nitrogen and oxygen atoms in total. The summed E-state index contributed by atoms with van der Waals surface area (Å²) in [6.07, 6.45) is 0. The van der Waals surface area contributed by atoms with Crippen LogP contribution in [0.25, 0.3) is 0 Å². The van der Waals surface area contributed by atoms with E-state index in [1.54, 1.807) is 7.11 Å². The van der Waals surface area contributed by atoms with E-state index in [-0.39, 0.29) is 24.0 Å². The van der Waals surface area contributed by atoms with Crippen molar-refractivity contribution in [2.24, 2.45) is 12.0 Å². The van der Waals surface area contributed by atoms with Gasteiger partial charge in [-0.05, 0) is 32.4 Å². The van der Waals surface area contributed by atoms with Crippen LogP contribution < -0.4 is 15.4 Å². The summed E-state index contributed by atoms with van der Waals surface area (Å²) < 4.78 is 12.8. The number of ether oxygens (including phenoxy) is 2. The summed E-state index contributed by atoms with van der Waals surface area (Å²) in [6.45, 7) is 8.89. The van der Waals surface area contributed by atoms with Gasteiger partial charge in [-0.1, -0.05) is 12.1 Å². The largest absolute Gasteiger partial charge is 0.494 e. The second-order valence-corrected chi connectivity index (χ2v) is 6.20. The molecule has 0 spiro atoms. The molecule has 0 aliphatic carbocycles. The Morgan fingerprint density at radius 2 is 2.00 bits per heavy atom. The van der Waals surface area contributed by atoms with Crippen molar-refractivity contribution in [2.45, 2.75) is 33.9 Å². The molecule has 156 valence electrons. The zero-order valence-corrected chi connectivity index (χ0v) is 19.6. The zero-order chi connectivity index (χ0) is 19.6. The van der Waals surface area contributed by atoms with Gasteiger partial charge in [0.15, 0.2) is 11.8 Å². The average molecular weight is 502 g/mol. The number of aliphatic imine (C=N–C) groups is 1. The summed E-state index contributed by atoms with van der Waals surface area (Å²) in [5, 5.41) is 14.8. The van der Waals surface area contributed by atoms with Crippen molar-refractivity contribution >= 4 is 29.9 Å². The summed E-state index contributed by atoms with van der Waals surface area (Å²) >= 11 is 0. The van der Waals surface area contributed by atoms with Gasteiger partial charge in [0, 0.05) is 26.3 Å². The maximum Gasteiger partial charge on any atom is 0.192 e. The SMILES string of the molecule is CCOc1cc(C)ccc1CN=C(NCCOC)NCc1nnc(C)n1C.I. The van der Waals surface area contributed by atoms with Crippen LogP contribution in [0.5, 0.6) is 5.75 Å². The van der Waals surface area contributed by atoms with E-state index < -0.39 is 0 Å². The molecule has 0 saturated carbocycles. The first-order valence-corrected chi connectivity index (χ1v) is 9.13. The third-order valence-corrected chi connectivity index (χ3v) is 4.13. The lowest BCUT2D eigenvalue weighted by atomic mass is 10.1. The molecule has 1 aromatic carbocycles. The summed E-state index contributed by atoms with van der Waals surface area (Å²) in [5.74, 6) is 3.29. The fourth-order valence-corrected chi connectivity index (χ4v) is 2.46. The van der Waals surface area contributed by atoms with Gasteiger partial charge in [-0.25, -0.2) is 4.99 Å². The van der Waals surface area contributed by atoms with E-state index in [9.17, 15) is 0 Å². The first-order valence-electron chi connectivity index (χ1n) is 9.13. The molecule has 0 fully saturated rings. The van der Waals surface area contributed by atoms with Crippen molar-refractivity contribution in [1.29, 1.82) is 0 Å². The third kappa shape index (κ3) is 7.27. The number of hydrogen-bond donors (Lipinski definition) is 2. The number of nitrogens with one attached hydrogen (secondary N) is 2. The summed E-state index contributed by atoms with van der Waals surface area (Å²) in [4.78, 5) is 4.69. The van der Waals surface area contributed by atoms with Crippen LogP contribution in [0.1, 0.15) is 29.7 Å². The Balaban J connectivity index is 0.00000392. The summed E-state index contributed by atoms with van der Waals surface area (Å²) in [5.41, 5.74) is 2.21. The van der Waals surface area contributed by atoms with Gasteiger partial charge in [-0.2, -0.15) is 0 Å². The van der Waals surface area contributed by atoms with Gasteiger partial charge in [-0.3, -0.25) is 0 Å². The maximum atomic E-state index is 5.74. The van der Waals surface area contributed by atoms with E-state index in [1.165, 1.54) is 5.56 Å². The molecule has 2 rings (SSSR count). The minimum Gasteiger partial charge on any atom is -0.494 e. The van der Waals surface area contributed by atoms with Crippen LogP contribution in [0, 0.1) is 13.8 Å². The van der Waals surface area contributed by atoms with Gasteiger partial charge in [-0.15, -0.1) is 34.2 Å². The van der Waals surface area contributed by atoms with E-state index in [0.717, 1.165) is 23.0 Å². The van der Waals surface area contributed by atoms with Crippen LogP contribution in [0.2, 0.25) is 0 Å². The van der Waals surface area contributed by atoms with E-state index >= 15 is 0 Å². The Morgan fingerprint density at radius 3 is 2.64 bits per heavy atom. The highest BCUT2D eigenvalue weighted by Crippen LogP contribution is 2.21. The highest BCUT2D eigenvalue weighted by Gasteiger charge is 2.08. The Labute approximate surface area is 184 Å². The number of benzene rings is 1. The quantitative estimate of drug-likeness (QED) is 0.237. The zero-order valence-electron chi connectivity index (χ0n) is 17.3. The second-order valence-electron chi connectivity index (χ2n) is 6.20. The lowest BCUT2D eigenvalue weighted by Gasteiger charge is -2.13. The van der Waals surface area contributed by atoms with Crippen molar-refractivity contribution < 1.29 is 9.47 Å². The van der Waals surface area contributed by atoms with Gasteiger partial charge in [0.2, 0.25) is 0 Å². The van der Waals surface area contributed by atoms with Gasteiger partial charge < -0.3 is 24.7 Å². The standard InChI is InChI=1S/C19H30N6O2.HI/c1-6-27-17-11-14(2)7-8-16(17)12-21-19(20-9-10-26-5)22-13-18-24-23-15(3)25(18)4;/h7-8,11H,6,9-10,12-13H2,1-5H3,(H2,20,21,22);1H. The molecule has 9 heteroatoms. The number of guanidine groups is 1. The molecule has 0 aliphatic rings. The van der Waals surface area contributed by atoms with E-state index in [0.29, 0.717) is 38.8 Å². The molecular formula is C19H31IN6O2. The Morgan fingerprint density at radius 1 is 1.21 bits per heavy atom. The minimum absolute atomic E-state index is 0. The highest BCUT2D eigenvalue weighted by atomic mass is 127. The van der Waals surface area contributed by atoms with Crippen LogP contribution >= 0.6 is 24.0 Å². The summed E-state index contributed by atoms with van der Waals surface area (Å²) in [6, 6.07) is 6.17. The molecule has 0 amide bonds. The molecule has 0 saturated heterocycles. The van der Waals surface area contributed by atoms with Crippen molar-refractivity contribution in [3.8, 4) is 5.75 Å². The molecule has 1 heterocycles. The fraction of sp³-hybridized carbons (Fsp3) is 0.526. The summed E-state index contributed by atoms with van der Waals surface area (Å²) in [7, 11) is 3.62. The monoisotopic (exact) mass is 502 g/mol. The lowest BCUT2D eigenvalue weighted by molar-refractivity contribution is 0.203. The van der Waals surface area contributed by atoms with Gasteiger partial charge in [0.1, 0.15) is 11.6 Å². The molecule has 0 radical (unpaired) electrons. The number of nitrogens with zero attached hydrogens (tertiary/aromatic N) is 4. The van der Waals surface area contributed by atoms with Crippen molar-refractivity contribution in [3.63, 3.8) is 0 Å². The predicted octanol–water partition coefficient (Wildman–Crippen LogP) is 2.33. The molecule has 2 aromatic rings. The lowest BCUT2D eigenvalue weighted by Crippen LogP contribution is -2.39. The minimum atomic E-state index is 0. The number of rotatable bonds is 9. The Hall–Kier alpha value is -1.88. The first-order chi connectivity index (χ1) is 13.0. The third-order valence-electron chi connectivity index (χ3n) is 4.13. The molecular weight excluding hydrogens is 471 g/mol. The number of hydrogen-bond acceptors (Lipinski definition) is 5. The Kier molecular flexibility index (Phi) is 10.8. The van der Waals surface area contributed by atoms with Crippen molar-refractivity contribution in [3.05, 3.63) is 41.0 Å². The van der Waals surface area contributed by atoms with Crippen LogP contribution in [0.4, 0.5) is 0 Å². The van der Waals surface area contributed by atoms with Crippen LogP contribution in [0.15, 0.2) is 23.2 Å². The van der Waals surface area contributed by atoms with Crippen LogP contribution in [-0.2, 0) is 24.9 Å². The second kappa shape index (κ2) is 12.6. The van der Waals surface area contributed by atoms with Crippen LogP contribution in [0.3, 0.4) is 0 Å². The Bertz CT molecular complexity index is 763. The van der Waals surface area contributed by atoms with Crippen molar-refractivity contribution in [1.82, 2.24) is 25.4 Å².